The summed E-state index contributed by atoms with van der Waals surface area (Å²) in [6.07, 6.45) is 4.12. The second-order valence-electron chi connectivity index (χ2n) is 6.13. The van der Waals surface area contributed by atoms with Gasteiger partial charge in [0.15, 0.2) is 0 Å². The molecular formula is C17H18N4O. The zero-order valence-electron chi connectivity index (χ0n) is 12.3. The molecule has 0 spiro atoms. The molecule has 0 aliphatic carbocycles. The molecule has 5 heteroatoms. The monoisotopic (exact) mass is 294 g/mol. The molecule has 2 aliphatic rings. The van der Waals surface area contributed by atoms with E-state index in [0.29, 0.717) is 6.54 Å². The third kappa shape index (κ3) is 1.96. The fourth-order valence-electron chi connectivity index (χ4n) is 3.90. The Morgan fingerprint density at radius 3 is 3.09 bits per heavy atom. The maximum atomic E-state index is 10.6. The molecule has 0 radical (unpaired) electrons. The van der Waals surface area contributed by atoms with E-state index in [1.54, 1.807) is 0 Å². The quantitative estimate of drug-likeness (QED) is 0.856. The molecule has 1 aromatic carbocycles. The highest BCUT2D eigenvalue weighted by atomic mass is 16.3. The third-order valence-corrected chi connectivity index (χ3v) is 4.93. The van der Waals surface area contributed by atoms with Gasteiger partial charge in [0.2, 0.25) is 0 Å². The molecule has 1 saturated heterocycles. The van der Waals surface area contributed by atoms with Crippen molar-refractivity contribution in [3.8, 4) is 17.3 Å². The Morgan fingerprint density at radius 2 is 2.23 bits per heavy atom. The minimum absolute atomic E-state index is 0.0821. The van der Waals surface area contributed by atoms with Crippen molar-refractivity contribution in [2.75, 3.05) is 19.6 Å². The Balaban J connectivity index is 1.74. The Labute approximate surface area is 129 Å². The van der Waals surface area contributed by atoms with Crippen LogP contribution in [0.4, 0.5) is 0 Å². The summed E-state index contributed by atoms with van der Waals surface area (Å²) in [5.41, 5.74) is 3.57. The van der Waals surface area contributed by atoms with Crippen molar-refractivity contribution < 1.29 is 5.11 Å². The van der Waals surface area contributed by atoms with Crippen molar-refractivity contribution in [1.82, 2.24) is 14.5 Å². The Bertz CT molecular complexity index is 732. The van der Waals surface area contributed by atoms with E-state index in [2.05, 4.69) is 32.7 Å². The van der Waals surface area contributed by atoms with E-state index in [-0.39, 0.29) is 18.1 Å². The van der Waals surface area contributed by atoms with Crippen molar-refractivity contribution in [3.63, 3.8) is 0 Å². The summed E-state index contributed by atoms with van der Waals surface area (Å²) in [6.45, 7) is 1.95. The lowest BCUT2D eigenvalue weighted by Crippen LogP contribution is -2.46. The lowest BCUT2D eigenvalue weighted by Gasteiger charge is -2.38. The van der Waals surface area contributed by atoms with E-state index in [4.69, 9.17) is 5.26 Å². The fourth-order valence-corrected chi connectivity index (χ4v) is 3.90. The lowest BCUT2D eigenvalue weighted by atomic mass is 9.84. The smallest absolute Gasteiger partial charge is 0.0956 e. The van der Waals surface area contributed by atoms with Crippen molar-refractivity contribution in [1.29, 1.82) is 5.26 Å². The molecule has 0 unspecified atom stereocenters. The Hall–Kier alpha value is -2.16. The topological polar surface area (TPSA) is 65.1 Å². The number of hydrogen-bond donors (Lipinski definition) is 1. The molecular weight excluding hydrogens is 276 g/mol. The third-order valence-electron chi connectivity index (χ3n) is 4.93. The normalized spacial score (nSPS) is 27.2. The maximum Gasteiger partial charge on any atom is 0.0956 e. The van der Waals surface area contributed by atoms with Crippen LogP contribution in [0.25, 0.3) is 11.3 Å². The standard InChI is InChI=1S/C17H18N4O/c18-6-8-20-7-5-16(22)14(10-20)17-13-4-2-1-3-12(13)15-9-19-11-21(15)17/h1-4,9,11,14,16-17,22H,5,7-8,10H2/t14-,16-,17+/m1/s1. The summed E-state index contributed by atoms with van der Waals surface area (Å²) < 4.78 is 2.18. The SMILES string of the molecule is N#CCN1CC[C@@H](O)[C@H]([C@@H]2c3ccccc3-c3cncn32)C1. The van der Waals surface area contributed by atoms with Crippen LogP contribution in [0.5, 0.6) is 0 Å². The molecule has 1 fully saturated rings. The zero-order chi connectivity index (χ0) is 15.1. The van der Waals surface area contributed by atoms with Crippen LogP contribution in [-0.4, -0.2) is 45.3 Å². The second-order valence-corrected chi connectivity index (χ2v) is 6.13. The number of rotatable bonds is 2. The van der Waals surface area contributed by atoms with Gasteiger partial charge in [0.25, 0.3) is 0 Å². The zero-order valence-corrected chi connectivity index (χ0v) is 12.3. The summed E-state index contributed by atoms with van der Waals surface area (Å²) in [5.74, 6) is 0.0821. The molecule has 2 aromatic rings. The minimum atomic E-state index is -0.346. The van der Waals surface area contributed by atoms with Crippen LogP contribution in [0.15, 0.2) is 36.8 Å². The van der Waals surface area contributed by atoms with E-state index in [9.17, 15) is 5.11 Å². The van der Waals surface area contributed by atoms with Gasteiger partial charge in [-0.05, 0) is 12.0 Å². The van der Waals surface area contributed by atoms with E-state index in [1.165, 1.54) is 11.1 Å². The summed E-state index contributed by atoms with van der Waals surface area (Å²) in [4.78, 5) is 6.42. The van der Waals surface area contributed by atoms with Crippen LogP contribution < -0.4 is 0 Å². The first-order chi connectivity index (χ1) is 10.8. The molecule has 0 bridgehead atoms. The molecule has 0 saturated carbocycles. The highest BCUT2D eigenvalue weighted by Crippen LogP contribution is 2.44. The van der Waals surface area contributed by atoms with Gasteiger partial charge in [-0.2, -0.15) is 5.26 Å². The van der Waals surface area contributed by atoms with Gasteiger partial charge in [0.1, 0.15) is 0 Å². The summed E-state index contributed by atoms with van der Waals surface area (Å²) in [7, 11) is 0. The summed E-state index contributed by atoms with van der Waals surface area (Å²) >= 11 is 0. The number of aliphatic hydroxyl groups excluding tert-OH is 1. The van der Waals surface area contributed by atoms with Crippen molar-refractivity contribution >= 4 is 0 Å². The number of aromatic nitrogens is 2. The molecule has 22 heavy (non-hydrogen) atoms. The van der Waals surface area contributed by atoms with Gasteiger partial charge >= 0.3 is 0 Å². The Morgan fingerprint density at radius 1 is 1.36 bits per heavy atom. The highest BCUT2D eigenvalue weighted by Gasteiger charge is 2.40. The average molecular weight is 294 g/mol. The fraction of sp³-hybridized carbons (Fsp3) is 0.412. The largest absolute Gasteiger partial charge is 0.393 e. The van der Waals surface area contributed by atoms with Gasteiger partial charge in [-0.25, -0.2) is 4.98 Å². The van der Waals surface area contributed by atoms with Gasteiger partial charge in [-0.3, -0.25) is 4.90 Å². The minimum Gasteiger partial charge on any atom is -0.393 e. The number of piperidine rings is 1. The number of likely N-dealkylation sites (tertiary alicyclic amines) is 1. The van der Waals surface area contributed by atoms with E-state index >= 15 is 0 Å². The van der Waals surface area contributed by atoms with Crippen LogP contribution in [0.3, 0.4) is 0 Å². The molecule has 1 aromatic heterocycles. The van der Waals surface area contributed by atoms with Gasteiger partial charge < -0.3 is 9.67 Å². The molecule has 3 heterocycles. The number of aliphatic hydroxyl groups is 1. The van der Waals surface area contributed by atoms with Crippen molar-refractivity contribution in [3.05, 3.63) is 42.4 Å². The predicted octanol–water partition coefficient (Wildman–Crippen LogP) is 1.66. The van der Waals surface area contributed by atoms with Crippen LogP contribution in [0, 0.1) is 17.2 Å². The van der Waals surface area contributed by atoms with E-state index in [0.717, 1.165) is 25.2 Å². The molecule has 3 atom stereocenters. The molecule has 0 amide bonds. The van der Waals surface area contributed by atoms with E-state index < -0.39 is 0 Å². The van der Waals surface area contributed by atoms with E-state index in [1.807, 2.05) is 24.7 Å². The molecule has 4 rings (SSSR count). The van der Waals surface area contributed by atoms with Crippen LogP contribution >= 0.6 is 0 Å². The van der Waals surface area contributed by atoms with Crippen molar-refractivity contribution in [2.45, 2.75) is 18.6 Å². The Kier molecular flexibility index (Phi) is 3.21. The number of fused-ring (bicyclic) bond motifs is 3. The van der Waals surface area contributed by atoms with Crippen molar-refractivity contribution in [2.24, 2.45) is 5.92 Å². The van der Waals surface area contributed by atoms with Crippen LogP contribution in [-0.2, 0) is 0 Å². The first kappa shape index (κ1) is 13.5. The number of nitriles is 1. The summed E-state index contributed by atoms with van der Waals surface area (Å²) in [6, 6.07) is 10.7. The number of nitrogens with zero attached hydrogens (tertiary/aromatic N) is 4. The molecule has 2 aliphatic heterocycles. The second kappa shape index (κ2) is 5.24. The first-order valence-corrected chi connectivity index (χ1v) is 7.68. The number of benzene rings is 1. The average Bonchev–Trinajstić information content (AvgIpc) is 3.10. The number of imidazole rings is 1. The van der Waals surface area contributed by atoms with Gasteiger partial charge in [-0.15, -0.1) is 0 Å². The molecule has 112 valence electrons. The number of hydrogen-bond acceptors (Lipinski definition) is 4. The molecule has 5 nitrogen and oxygen atoms in total. The predicted molar refractivity (Wildman–Crippen MR) is 82.0 cm³/mol. The van der Waals surface area contributed by atoms with Crippen LogP contribution in [0.2, 0.25) is 0 Å². The maximum absolute atomic E-state index is 10.6. The highest BCUT2D eigenvalue weighted by molar-refractivity contribution is 5.69. The van der Waals surface area contributed by atoms with Crippen LogP contribution in [0.1, 0.15) is 18.0 Å². The van der Waals surface area contributed by atoms with Gasteiger partial charge in [0.05, 0.1) is 43.0 Å². The lowest BCUT2D eigenvalue weighted by molar-refractivity contribution is 0.0149. The van der Waals surface area contributed by atoms with Gasteiger partial charge in [-0.1, -0.05) is 24.3 Å². The van der Waals surface area contributed by atoms with Gasteiger partial charge in [0, 0.05) is 24.6 Å². The summed E-state index contributed by atoms with van der Waals surface area (Å²) in [5, 5.41) is 19.5. The first-order valence-electron chi connectivity index (χ1n) is 7.68. The molecule has 1 N–H and O–H groups in total.